The lowest BCUT2D eigenvalue weighted by molar-refractivity contribution is -0.131. The van der Waals surface area contributed by atoms with Crippen LogP contribution in [0.25, 0.3) is 0 Å². The van der Waals surface area contributed by atoms with Crippen molar-refractivity contribution in [1.29, 1.82) is 0 Å². The van der Waals surface area contributed by atoms with Crippen molar-refractivity contribution in [2.24, 2.45) is 16.7 Å². The Morgan fingerprint density at radius 3 is 1.94 bits per heavy atom. The van der Waals surface area contributed by atoms with Gasteiger partial charge in [-0.15, -0.1) is 0 Å². The van der Waals surface area contributed by atoms with Gasteiger partial charge in [-0.1, -0.05) is 41.5 Å². The number of carbonyl (C=O) groups is 1. The van der Waals surface area contributed by atoms with Crippen molar-refractivity contribution in [3.8, 4) is 0 Å². The van der Waals surface area contributed by atoms with Gasteiger partial charge in [0.1, 0.15) is 0 Å². The zero-order chi connectivity index (χ0) is 13.2. The lowest BCUT2D eigenvalue weighted by Crippen LogP contribution is -2.39. The maximum atomic E-state index is 12.5. The summed E-state index contributed by atoms with van der Waals surface area (Å²) in [4.78, 5) is 14.6. The number of rotatable bonds is 2. The molecule has 2 fully saturated rings. The van der Waals surface area contributed by atoms with E-state index in [-0.39, 0.29) is 28.9 Å². The Balaban J connectivity index is 2.22. The number of carbonyl (C=O) groups excluding carboxylic acids is 1. The average Bonchev–Trinajstić information content (AvgIpc) is 2.47. The molecule has 0 aromatic carbocycles. The Hall–Kier alpha value is -0.570. The minimum Gasteiger partial charge on any atom is -0.322 e. The molecule has 1 saturated carbocycles. The molecule has 2 rings (SSSR count). The van der Waals surface area contributed by atoms with Crippen LogP contribution in [0.5, 0.6) is 0 Å². The highest BCUT2D eigenvalue weighted by Gasteiger charge is 2.69. The summed E-state index contributed by atoms with van der Waals surface area (Å²) in [6.45, 7) is 15.4. The number of nitrogens with zero attached hydrogens (tertiary/aromatic N) is 1. The number of nitrogens with one attached hydrogen (secondary N) is 1. The van der Waals surface area contributed by atoms with E-state index in [4.69, 9.17) is 0 Å². The Labute approximate surface area is 105 Å². The highest BCUT2D eigenvalue weighted by molar-refractivity contribution is 5.85. The van der Waals surface area contributed by atoms with Gasteiger partial charge in [0.25, 0.3) is 0 Å². The normalized spacial score (nSPS) is 35.8. The first-order valence-electron chi connectivity index (χ1n) is 6.70. The molecule has 0 radical (unpaired) electrons. The molecule has 1 amide bonds. The van der Waals surface area contributed by atoms with Crippen LogP contribution in [0.4, 0.5) is 0 Å². The molecule has 98 valence electrons. The molecule has 0 aromatic heterocycles. The molecule has 17 heavy (non-hydrogen) atoms. The van der Waals surface area contributed by atoms with Gasteiger partial charge in [0.05, 0.1) is 12.2 Å². The molecular formula is C14H26N2O. The van der Waals surface area contributed by atoms with Gasteiger partial charge >= 0.3 is 0 Å². The number of amides is 1. The van der Waals surface area contributed by atoms with Gasteiger partial charge in [0.15, 0.2) is 0 Å². The summed E-state index contributed by atoms with van der Waals surface area (Å²) in [7, 11) is 0. The summed E-state index contributed by atoms with van der Waals surface area (Å²) < 4.78 is 0. The van der Waals surface area contributed by atoms with E-state index in [9.17, 15) is 4.79 Å². The topological polar surface area (TPSA) is 32.3 Å². The quantitative estimate of drug-likeness (QED) is 0.800. The van der Waals surface area contributed by atoms with Crippen molar-refractivity contribution in [3.63, 3.8) is 0 Å². The largest absolute Gasteiger partial charge is 0.322 e. The molecule has 0 bridgehead atoms. The molecular weight excluding hydrogens is 212 g/mol. The van der Waals surface area contributed by atoms with E-state index < -0.39 is 0 Å². The number of hydrogen-bond donors (Lipinski definition) is 1. The minimum atomic E-state index is -0.00259. The Morgan fingerprint density at radius 1 is 1.18 bits per heavy atom. The molecule has 0 aromatic rings. The van der Waals surface area contributed by atoms with Crippen LogP contribution in [-0.2, 0) is 4.79 Å². The third kappa shape index (κ3) is 1.55. The van der Waals surface area contributed by atoms with Crippen LogP contribution in [-0.4, -0.2) is 29.1 Å². The summed E-state index contributed by atoms with van der Waals surface area (Å²) in [5, 5.41) is 3.43. The first kappa shape index (κ1) is 12.9. The second-order valence-corrected chi connectivity index (χ2v) is 7.16. The molecule has 1 heterocycles. The molecule has 2 unspecified atom stereocenters. The second-order valence-electron chi connectivity index (χ2n) is 7.16. The Morgan fingerprint density at radius 2 is 1.65 bits per heavy atom. The molecule has 1 saturated heterocycles. The van der Waals surface area contributed by atoms with Gasteiger partial charge in [0, 0.05) is 6.04 Å². The van der Waals surface area contributed by atoms with Gasteiger partial charge < -0.3 is 4.90 Å². The molecule has 2 aliphatic rings. The van der Waals surface area contributed by atoms with Gasteiger partial charge in [-0.2, -0.15) is 0 Å². The van der Waals surface area contributed by atoms with E-state index in [1.54, 1.807) is 0 Å². The number of hydrogen-bond acceptors (Lipinski definition) is 2. The molecule has 1 aliphatic heterocycles. The molecule has 2 atom stereocenters. The monoisotopic (exact) mass is 238 g/mol. The van der Waals surface area contributed by atoms with E-state index in [2.05, 4.69) is 58.7 Å². The van der Waals surface area contributed by atoms with E-state index in [0.717, 1.165) is 0 Å². The van der Waals surface area contributed by atoms with Gasteiger partial charge in [-0.25, -0.2) is 0 Å². The van der Waals surface area contributed by atoms with E-state index in [1.165, 1.54) is 0 Å². The lowest BCUT2D eigenvalue weighted by Gasteiger charge is -2.23. The second kappa shape index (κ2) is 3.47. The Bertz CT molecular complexity index is 332. The molecule has 3 nitrogen and oxygen atoms in total. The highest BCUT2D eigenvalue weighted by atomic mass is 16.2. The zero-order valence-corrected chi connectivity index (χ0v) is 12.2. The lowest BCUT2D eigenvalue weighted by atomic mass is 10.0. The van der Waals surface area contributed by atoms with Crippen molar-refractivity contribution in [2.45, 2.75) is 66.7 Å². The van der Waals surface area contributed by atoms with Crippen molar-refractivity contribution < 1.29 is 4.79 Å². The summed E-state index contributed by atoms with van der Waals surface area (Å²) >= 11 is 0. The van der Waals surface area contributed by atoms with E-state index in [1.807, 2.05) is 0 Å². The van der Waals surface area contributed by atoms with Gasteiger partial charge in [0.2, 0.25) is 5.91 Å². The van der Waals surface area contributed by atoms with Crippen molar-refractivity contribution in [2.75, 3.05) is 0 Å². The van der Waals surface area contributed by atoms with Crippen molar-refractivity contribution in [3.05, 3.63) is 0 Å². The van der Waals surface area contributed by atoms with Crippen LogP contribution in [0.2, 0.25) is 0 Å². The van der Waals surface area contributed by atoms with Gasteiger partial charge in [-0.3, -0.25) is 10.1 Å². The third-order valence-electron chi connectivity index (χ3n) is 5.25. The van der Waals surface area contributed by atoms with E-state index in [0.29, 0.717) is 12.0 Å². The van der Waals surface area contributed by atoms with E-state index >= 15 is 0 Å². The summed E-state index contributed by atoms with van der Waals surface area (Å²) in [5.41, 5.74) is 0.453. The smallest absolute Gasteiger partial charge is 0.241 e. The maximum absolute atomic E-state index is 12.5. The fourth-order valence-electron chi connectivity index (χ4n) is 3.45. The van der Waals surface area contributed by atoms with Crippen LogP contribution in [0, 0.1) is 16.7 Å². The molecule has 0 spiro atoms. The van der Waals surface area contributed by atoms with Crippen LogP contribution >= 0.6 is 0 Å². The Kier molecular flexibility index (Phi) is 2.63. The predicted octanol–water partition coefficient (Wildman–Crippen LogP) is 2.22. The van der Waals surface area contributed by atoms with Crippen molar-refractivity contribution in [1.82, 2.24) is 10.2 Å². The van der Waals surface area contributed by atoms with Gasteiger partial charge in [-0.05, 0) is 23.7 Å². The summed E-state index contributed by atoms with van der Waals surface area (Å²) in [5.74, 6) is 0.649. The molecule has 3 heteroatoms. The van der Waals surface area contributed by atoms with Crippen molar-refractivity contribution >= 4 is 5.91 Å². The highest BCUT2D eigenvalue weighted by Crippen LogP contribution is 2.65. The third-order valence-corrected chi connectivity index (χ3v) is 5.25. The first-order valence-corrected chi connectivity index (χ1v) is 6.70. The average molecular weight is 238 g/mol. The molecule has 1 aliphatic carbocycles. The van der Waals surface area contributed by atoms with Crippen LogP contribution < -0.4 is 5.32 Å². The standard InChI is InChI=1S/C14H26N2O/c1-8(2)10-11(17)16(9(3)15-10)12-13(4,5)14(12,6)7/h8-10,12,15H,1-7H3. The minimum absolute atomic E-state index is 0.00259. The summed E-state index contributed by atoms with van der Waals surface area (Å²) in [6.07, 6.45) is 0.168. The first-order chi connectivity index (χ1) is 7.62. The van der Waals surface area contributed by atoms with Crippen LogP contribution in [0.15, 0.2) is 0 Å². The predicted molar refractivity (Wildman–Crippen MR) is 69.4 cm³/mol. The van der Waals surface area contributed by atoms with Crippen LogP contribution in [0.1, 0.15) is 48.5 Å². The SMILES string of the molecule is CC(C)C1NC(C)N(C2C(C)(C)C2(C)C)C1=O. The van der Waals surface area contributed by atoms with Crippen LogP contribution in [0.3, 0.4) is 0 Å². The maximum Gasteiger partial charge on any atom is 0.241 e. The zero-order valence-electron chi connectivity index (χ0n) is 12.2. The molecule has 1 N–H and O–H groups in total. The fourth-order valence-corrected chi connectivity index (χ4v) is 3.45. The summed E-state index contributed by atoms with van der Waals surface area (Å²) in [6, 6.07) is 0.367. The fraction of sp³-hybridized carbons (Fsp3) is 0.929.